The fourth-order valence-corrected chi connectivity index (χ4v) is 3.19. The Hall–Kier alpha value is -1.76. The molecule has 0 radical (unpaired) electrons. The molecule has 0 bridgehead atoms. The summed E-state index contributed by atoms with van der Waals surface area (Å²) in [5, 5.41) is 2.23. The number of rotatable bonds is 3. The summed E-state index contributed by atoms with van der Waals surface area (Å²) < 4.78 is 39.1. The van der Waals surface area contributed by atoms with Gasteiger partial charge in [0.25, 0.3) is 0 Å². The van der Waals surface area contributed by atoms with Crippen LogP contribution in [0, 0.1) is 11.8 Å². The van der Waals surface area contributed by atoms with Gasteiger partial charge in [0.1, 0.15) is 0 Å². The highest BCUT2D eigenvalue weighted by Gasteiger charge is 2.50. The minimum absolute atomic E-state index is 0.0613. The van der Waals surface area contributed by atoms with Gasteiger partial charge in [0, 0.05) is 18.1 Å². The number of likely N-dealkylation sites (tertiary alicyclic amines) is 1. The maximum absolute atomic E-state index is 13.0. The molecule has 2 fully saturated rings. The Morgan fingerprint density at radius 3 is 2.46 bits per heavy atom. The van der Waals surface area contributed by atoms with E-state index < -0.39 is 29.5 Å². The fourth-order valence-electron chi connectivity index (χ4n) is 3.02. The summed E-state index contributed by atoms with van der Waals surface area (Å²) in [5.41, 5.74) is -1.33. The average molecular weight is 361 g/mol. The number of amides is 2. The molecule has 3 rings (SSSR count). The van der Waals surface area contributed by atoms with Crippen LogP contribution < -0.4 is 5.32 Å². The molecule has 4 nitrogen and oxygen atoms in total. The molecule has 1 saturated carbocycles. The molecule has 24 heavy (non-hydrogen) atoms. The summed E-state index contributed by atoms with van der Waals surface area (Å²) in [7, 11) is 0. The van der Waals surface area contributed by atoms with E-state index >= 15 is 0 Å². The van der Waals surface area contributed by atoms with Crippen LogP contribution in [0.3, 0.4) is 0 Å². The number of hydrogen-bond acceptors (Lipinski definition) is 2. The van der Waals surface area contributed by atoms with Crippen LogP contribution in [-0.2, 0) is 15.8 Å². The van der Waals surface area contributed by atoms with Crippen molar-refractivity contribution in [3.8, 4) is 0 Å². The maximum atomic E-state index is 13.0. The second-order valence-corrected chi connectivity index (χ2v) is 6.59. The van der Waals surface area contributed by atoms with Crippen LogP contribution in [0.1, 0.15) is 24.8 Å². The van der Waals surface area contributed by atoms with E-state index in [4.69, 9.17) is 11.6 Å². The smallest absolute Gasteiger partial charge is 0.342 e. The van der Waals surface area contributed by atoms with Crippen molar-refractivity contribution in [2.24, 2.45) is 11.8 Å². The van der Waals surface area contributed by atoms with Crippen molar-refractivity contribution in [2.45, 2.75) is 25.4 Å². The molecule has 2 unspecified atom stereocenters. The van der Waals surface area contributed by atoms with Gasteiger partial charge in [0.2, 0.25) is 11.8 Å². The van der Waals surface area contributed by atoms with Crippen LogP contribution >= 0.6 is 11.6 Å². The average Bonchev–Trinajstić information content (AvgIpc) is 3.12. The topological polar surface area (TPSA) is 49.4 Å². The highest BCUT2D eigenvalue weighted by Crippen LogP contribution is 2.42. The molecule has 1 aliphatic heterocycles. The number of nitrogens with one attached hydrogen (secondary N) is 1. The van der Waals surface area contributed by atoms with Crippen LogP contribution in [0.4, 0.5) is 18.9 Å². The zero-order chi connectivity index (χ0) is 17.5. The van der Waals surface area contributed by atoms with Gasteiger partial charge >= 0.3 is 6.18 Å². The second kappa shape index (κ2) is 6.27. The monoisotopic (exact) mass is 360 g/mol. The van der Waals surface area contributed by atoms with Gasteiger partial charge in [-0.15, -0.1) is 0 Å². The zero-order valence-electron chi connectivity index (χ0n) is 12.7. The standard InChI is InChI=1S/C16H16ClF3N2O2/c17-9-3-4-13(12(7-9)16(18,19)20)21-14(23)10-8-11(10)15(24)22-5-1-2-6-22/h3-4,7,10-11H,1-2,5-6,8H2,(H,21,23). The number of halogens is 4. The third-order valence-electron chi connectivity index (χ3n) is 4.41. The summed E-state index contributed by atoms with van der Waals surface area (Å²) in [5.74, 6) is -1.60. The number of benzene rings is 1. The largest absolute Gasteiger partial charge is 0.418 e. The highest BCUT2D eigenvalue weighted by atomic mass is 35.5. The van der Waals surface area contributed by atoms with Gasteiger partial charge in [-0.3, -0.25) is 9.59 Å². The van der Waals surface area contributed by atoms with E-state index in [9.17, 15) is 22.8 Å². The molecular weight excluding hydrogens is 345 g/mol. The minimum Gasteiger partial charge on any atom is -0.342 e. The Balaban J connectivity index is 1.67. The van der Waals surface area contributed by atoms with E-state index in [0.29, 0.717) is 19.5 Å². The number of nitrogens with zero attached hydrogens (tertiary/aromatic N) is 1. The molecular formula is C16H16ClF3N2O2. The molecule has 1 N–H and O–H groups in total. The van der Waals surface area contributed by atoms with Gasteiger partial charge < -0.3 is 10.2 Å². The van der Waals surface area contributed by atoms with Crippen LogP contribution in [-0.4, -0.2) is 29.8 Å². The van der Waals surface area contributed by atoms with E-state index in [2.05, 4.69) is 5.32 Å². The number of hydrogen-bond donors (Lipinski definition) is 1. The molecule has 1 aromatic rings. The van der Waals surface area contributed by atoms with Gasteiger partial charge in [0.15, 0.2) is 0 Å². The molecule has 0 spiro atoms. The van der Waals surface area contributed by atoms with Crippen molar-refractivity contribution < 1.29 is 22.8 Å². The second-order valence-electron chi connectivity index (χ2n) is 6.16. The number of alkyl halides is 3. The predicted molar refractivity (Wildman–Crippen MR) is 82.5 cm³/mol. The molecule has 1 aromatic carbocycles. The lowest BCUT2D eigenvalue weighted by Crippen LogP contribution is -2.30. The molecule has 0 aromatic heterocycles. The van der Waals surface area contributed by atoms with Gasteiger partial charge in [-0.2, -0.15) is 13.2 Å². The lowest BCUT2D eigenvalue weighted by atomic mass is 10.1. The maximum Gasteiger partial charge on any atom is 0.418 e. The van der Waals surface area contributed by atoms with Crippen LogP contribution in [0.15, 0.2) is 18.2 Å². The Morgan fingerprint density at radius 1 is 1.17 bits per heavy atom. The van der Waals surface area contributed by atoms with E-state index in [-0.39, 0.29) is 16.6 Å². The van der Waals surface area contributed by atoms with E-state index in [1.54, 1.807) is 4.90 Å². The Morgan fingerprint density at radius 2 is 1.83 bits per heavy atom. The SMILES string of the molecule is O=C(Nc1ccc(Cl)cc1C(F)(F)F)C1CC1C(=O)N1CCCC1. The Kier molecular flexibility index (Phi) is 4.46. The van der Waals surface area contributed by atoms with Gasteiger partial charge in [0.05, 0.1) is 23.1 Å². The first-order chi connectivity index (χ1) is 11.3. The summed E-state index contributed by atoms with van der Waals surface area (Å²) >= 11 is 5.61. The predicted octanol–water partition coefficient (Wildman–Crippen LogP) is 3.56. The zero-order valence-corrected chi connectivity index (χ0v) is 13.5. The molecule has 2 atom stereocenters. The molecule has 2 aliphatic rings. The normalized spacial score (nSPS) is 23.2. The van der Waals surface area contributed by atoms with E-state index in [1.165, 1.54) is 6.07 Å². The quantitative estimate of drug-likeness (QED) is 0.896. The number of anilines is 1. The van der Waals surface area contributed by atoms with Crippen molar-refractivity contribution in [2.75, 3.05) is 18.4 Å². The first-order valence-corrected chi connectivity index (χ1v) is 8.11. The van der Waals surface area contributed by atoms with Crippen molar-refractivity contribution in [1.82, 2.24) is 4.90 Å². The molecule has 1 heterocycles. The first kappa shape index (κ1) is 17.1. The number of carbonyl (C=O) groups excluding carboxylic acids is 2. The number of carbonyl (C=O) groups is 2. The summed E-state index contributed by atoms with van der Waals surface area (Å²) in [6.45, 7) is 1.39. The van der Waals surface area contributed by atoms with Gasteiger partial charge in [-0.1, -0.05) is 11.6 Å². The lowest BCUT2D eigenvalue weighted by molar-refractivity contribution is -0.137. The molecule has 130 valence electrons. The van der Waals surface area contributed by atoms with Crippen molar-refractivity contribution in [3.63, 3.8) is 0 Å². The molecule has 2 amide bonds. The first-order valence-electron chi connectivity index (χ1n) is 7.74. The summed E-state index contributed by atoms with van der Waals surface area (Å²) in [4.78, 5) is 26.1. The van der Waals surface area contributed by atoms with Crippen LogP contribution in [0.5, 0.6) is 0 Å². The molecule has 8 heteroatoms. The molecule has 1 saturated heterocycles. The fraction of sp³-hybridized carbons (Fsp3) is 0.500. The lowest BCUT2D eigenvalue weighted by Gasteiger charge is -2.16. The van der Waals surface area contributed by atoms with E-state index in [0.717, 1.165) is 25.0 Å². The van der Waals surface area contributed by atoms with Crippen molar-refractivity contribution in [1.29, 1.82) is 0 Å². The van der Waals surface area contributed by atoms with E-state index in [1.807, 2.05) is 0 Å². The summed E-state index contributed by atoms with van der Waals surface area (Å²) in [6, 6.07) is 3.19. The van der Waals surface area contributed by atoms with Crippen molar-refractivity contribution in [3.05, 3.63) is 28.8 Å². The summed E-state index contributed by atoms with van der Waals surface area (Å²) in [6.07, 6.45) is -2.33. The third kappa shape index (κ3) is 3.50. The van der Waals surface area contributed by atoms with Gasteiger partial charge in [-0.25, -0.2) is 0 Å². The minimum atomic E-state index is -4.62. The Labute approximate surface area is 142 Å². The van der Waals surface area contributed by atoms with Crippen LogP contribution in [0.2, 0.25) is 5.02 Å². The molecule has 1 aliphatic carbocycles. The van der Waals surface area contributed by atoms with Gasteiger partial charge in [-0.05, 0) is 37.5 Å². The van der Waals surface area contributed by atoms with Crippen molar-refractivity contribution >= 4 is 29.1 Å². The Bertz CT molecular complexity index is 672. The highest BCUT2D eigenvalue weighted by molar-refractivity contribution is 6.30. The van der Waals surface area contributed by atoms with Crippen LogP contribution in [0.25, 0.3) is 0 Å². The third-order valence-corrected chi connectivity index (χ3v) is 4.64.